The van der Waals surface area contributed by atoms with Crippen molar-refractivity contribution in [1.29, 1.82) is 0 Å². The monoisotopic (exact) mass is 303 g/mol. The van der Waals surface area contributed by atoms with E-state index in [9.17, 15) is 4.79 Å². The molecule has 0 saturated heterocycles. The average Bonchev–Trinajstić information content (AvgIpc) is 2.80. The third kappa shape index (κ3) is 3.91. The van der Waals surface area contributed by atoms with Crippen molar-refractivity contribution < 1.29 is 4.79 Å². The van der Waals surface area contributed by atoms with Gasteiger partial charge in [0.1, 0.15) is 10.7 Å². The third-order valence-corrected chi connectivity index (χ3v) is 4.64. The number of hydrogen-bond acceptors (Lipinski definition) is 4. The van der Waals surface area contributed by atoms with E-state index in [0.717, 1.165) is 11.4 Å². The molecule has 1 fully saturated rings. The third-order valence-electron chi connectivity index (χ3n) is 3.77. The SMILES string of the molecule is CC1(C)CCCCC1NC(=O)c1csc(CN)n1.Cl. The Labute approximate surface area is 124 Å². The molecule has 1 aliphatic carbocycles. The molecule has 19 heavy (non-hydrogen) atoms. The smallest absolute Gasteiger partial charge is 0.270 e. The largest absolute Gasteiger partial charge is 0.347 e. The van der Waals surface area contributed by atoms with Crippen molar-refractivity contribution in [3.05, 3.63) is 16.1 Å². The Morgan fingerprint density at radius 2 is 2.32 bits per heavy atom. The lowest BCUT2D eigenvalue weighted by Crippen LogP contribution is -2.46. The summed E-state index contributed by atoms with van der Waals surface area (Å²) in [4.78, 5) is 16.3. The molecular formula is C13H22ClN3OS. The lowest BCUT2D eigenvalue weighted by molar-refractivity contribution is 0.0849. The highest BCUT2D eigenvalue weighted by Crippen LogP contribution is 2.35. The van der Waals surface area contributed by atoms with Gasteiger partial charge in [0.25, 0.3) is 5.91 Å². The molecule has 1 aromatic heterocycles. The number of hydrogen-bond donors (Lipinski definition) is 2. The van der Waals surface area contributed by atoms with Crippen LogP contribution in [-0.4, -0.2) is 16.9 Å². The van der Waals surface area contributed by atoms with Crippen LogP contribution >= 0.6 is 23.7 Å². The molecule has 1 amide bonds. The highest BCUT2D eigenvalue weighted by atomic mass is 35.5. The first-order valence-corrected chi connectivity index (χ1v) is 7.36. The summed E-state index contributed by atoms with van der Waals surface area (Å²) in [7, 11) is 0. The minimum Gasteiger partial charge on any atom is -0.347 e. The van der Waals surface area contributed by atoms with E-state index in [-0.39, 0.29) is 29.8 Å². The standard InChI is InChI=1S/C13H21N3OS.ClH/c1-13(2)6-4-3-5-10(13)16-12(17)9-8-18-11(7-14)15-9;/h8,10H,3-7,14H2,1-2H3,(H,16,17);1H. The van der Waals surface area contributed by atoms with Crippen molar-refractivity contribution in [1.82, 2.24) is 10.3 Å². The number of aromatic nitrogens is 1. The van der Waals surface area contributed by atoms with Crippen LogP contribution in [0.2, 0.25) is 0 Å². The molecule has 1 unspecified atom stereocenters. The topological polar surface area (TPSA) is 68.0 Å². The summed E-state index contributed by atoms with van der Waals surface area (Å²) in [5.41, 5.74) is 6.19. The highest BCUT2D eigenvalue weighted by molar-refractivity contribution is 7.09. The molecule has 1 aromatic rings. The zero-order chi connectivity index (χ0) is 13.2. The summed E-state index contributed by atoms with van der Waals surface area (Å²) in [6.07, 6.45) is 4.68. The first-order chi connectivity index (χ1) is 8.53. The van der Waals surface area contributed by atoms with Crippen LogP contribution in [0.5, 0.6) is 0 Å². The van der Waals surface area contributed by atoms with Gasteiger partial charge in [0.2, 0.25) is 0 Å². The molecular weight excluding hydrogens is 282 g/mol. The van der Waals surface area contributed by atoms with Crippen LogP contribution in [-0.2, 0) is 6.54 Å². The van der Waals surface area contributed by atoms with Crippen LogP contribution in [0.25, 0.3) is 0 Å². The summed E-state index contributed by atoms with van der Waals surface area (Å²) in [6.45, 7) is 4.85. The highest BCUT2D eigenvalue weighted by Gasteiger charge is 2.33. The van der Waals surface area contributed by atoms with E-state index >= 15 is 0 Å². The summed E-state index contributed by atoms with van der Waals surface area (Å²) in [6, 6.07) is 0.252. The predicted molar refractivity (Wildman–Crippen MR) is 80.8 cm³/mol. The van der Waals surface area contributed by atoms with Gasteiger partial charge in [-0.05, 0) is 18.3 Å². The van der Waals surface area contributed by atoms with Crippen molar-refractivity contribution in [3.8, 4) is 0 Å². The van der Waals surface area contributed by atoms with Gasteiger partial charge in [0.05, 0.1) is 0 Å². The molecule has 1 saturated carbocycles. The van der Waals surface area contributed by atoms with E-state index in [1.54, 1.807) is 5.38 Å². The Bertz CT molecular complexity index is 433. The second kappa shape index (κ2) is 6.68. The zero-order valence-electron chi connectivity index (χ0n) is 11.4. The molecule has 0 aromatic carbocycles. The van der Waals surface area contributed by atoms with Gasteiger partial charge in [-0.1, -0.05) is 26.7 Å². The number of rotatable bonds is 3. The van der Waals surface area contributed by atoms with Gasteiger partial charge >= 0.3 is 0 Å². The van der Waals surface area contributed by atoms with Crippen molar-refractivity contribution in [2.45, 2.75) is 52.1 Å². The molecule has 0 spiro atoms. The van der Waals surface area contributed by atoms with Gasteiger partial charge in [0, 0.05) is 18.0 Å². The molecule has 108 valence electrons. The summed E-state index contributed by atoms with van der Waals surface area (Å²) in [5.74, 6) is -0.0640. The van der Waals surface area contributed by atoms with Crippen LogP contribution in [0.1, 0.15) is 55.0 Å². The van der Waals surface area contributed by atoms with E-state index in [2.05, 4.69) is 24.1 Å². The Balaban J connectivity index is 0.00000180. The molecule has 6 heteroatoms. The molecule has 0 aliphatic heterocycles. The number of carbonyl (C=O) groups excluding carboxylic acids is 1. The Hall–Kier alpha value is -0.650. The fraction of sp³-hybridized carbons (Fsp3) is 0.692. The molecule has 2 rings (SSSR count). The van der Waals surface area contributed by atoms with Crippen LogP contribution < -0.4 is 11.1 Å². The van der Waals surface area contributed by atoms with E-state index in [0.29, 0.717) is 12.2 Å². The van der Waals surface area contributed by atoms with Gasteiger partial charge in [-0.2, -0.15) is 0 Å². The Kier molecular flexibility index (Phi) is 5.77. The summed E-state index contributed by atoms with van der Waals surface area (Å²) in [5, 5.41) is 5.72. The molecule has 3 N–H and O–H groups in total. The normalized spacial score (nSPS) is 21.5. The first kappa shape index (κ1) is 16.4. The summed E-state index contributed by atoms with van der Waals surface area (Å²) < 4.78 is 0. The van der Waals surface area contributed by atoms with Crippen molar-refractivity contribution >= 4 is 29.7 Å². The summed E-state index contributed by atoms with van der Waals surface area (Å²) >= 11 is 1.44. The predicted octanol–water partition coefficient (Wildman–Crippen LogP) is 2.72. The number of halogens is 1. The maximum atomic E-state index is 12.1. The zero-order valence-corrected chi connectivity index (χ0v) is 13.1. The van der Waals surface area contributed by atoms with Gasteiger partial charge in [0.15, 0.2) is 0 Å². The van der Waals surface area contributed by atoms with Gasteiger partial charge in [-0.15, -0.1) is 23.7 Å². The van der Waals surface area contributed by atoms with Crippen LogP contribution in [0.4, 0.5) is 0 Å². The lowest BCUT2D eigenvalue weighted by Gasteiger charge is -2.38. The van der Waals surface area contributed by atoms with Crippen molar-refractivity contribution in [3.63, 3.8) is 0 Å². The molecule has 1 heterocycles. The number of nitrogens with zero attached hydrogens (tertiary/aromatic N) is 1. The van der Waals surface area contributed by atoms with E-state index in [4.69, 9.17) is 5.73 Å². The fourth-order valence-electron chi connectivity index (χ4n) is 2.50. The Morgan fingerprint density at radius 3 is 2.89 bits per heavy atom. The lowest BCUT2D eigenvalue weighted by atomic mass is 9.73. The first-order valence-electron chi connectivity index (χ1n) is 6.48. The number of nitrogens with one attached hydrogen (secondary N) is 1. The van der Waals surface area contributed by atoms with Crippen LogP contribution in [0, 0.1) is 5.41 Å². The average molecular weight is 304 g/mol. The molecule has 0 bridgehead atoms. The number of nitrogens with two attached hydrogens (primary N) is 1. The van der Waals surface area contributed by atoms with E-state index in [1.165, 1.54) is 30.6 Å². The maximum Gasteiger partial charge on any atom is 0.270 e. The van der Waals surface area contributed by atoms with Crippen LogP contribution in [0.3, 0.4) is 0 Å². The minimum atomic E-state index is -0.0640. The second-order valence-corrected chi connectivity index (χ2v) is 6.53. The van der Waals surface area contributed by atoms with Crippen molar-refractivity contribution in [2.24, 2.45) is 11.1 Å². The second-order valence-electron chi connectivity index (χ2n) is 5.59. The van der Waals surface area contributed by atoms with Crippen LogP contribution in [0.15, 0.2) is 5.38 Å². The molecule has 1 aliphatic rings. The van der Waals surface area contributed by atoms with Gasteiger partial charge in [-0.25, -0.2) is 4.98 Å². The number of thiazole rings is 1. The number of carbonyl (C=O) groups is 1. The van der Waals surface area contributed by atoms with Gasteiger partial charge < -0.3 is 11.1 Å². The maximum absolute atomic E-state index is 12.1. The quantitative estimate of drug-likeness (QED) is 0.902. The Morgan fingerprint density at radius 1 is 1.58 bits per heavy atom. The van der Waals surface area contributed by atoms with E-state index in [1.807, 2.05) is 0 Å². The molecule has 1 atom stereocenters. The van der Waals surface area contributed by atoms with E-state index < -0.39 is 0 Å². The van der Waals surface area contributed by atoms with Gasteiger partial charge in [-0.3, -0.25) is 4.79 Å². The van der Waals surface area contributed by atoms with Crippen molar-refractivity contribution in [2.75, 3.05) is 0 Å². The fourth-order valence-corrected chi connectivity index (χ4v) is 3.16. The molecule has 0 radical (unpaired) electrons. The number of amides is 1. The minimum absolute atomic E-state index is 0. The molecule has 4 nitrogen and oxygen atoms in total.